The molecule has 1 heterocycles. The van der Waals surface area contributed by atoms with Gasteiger partial charge in [-0.1, -0.05) is 0 Å². The molecule has 8 heteroatoms. The zero-order chi connectivity index (χ0) is 16.6. The Morgan fingerprint density at radius 3 is 2.64 bits per heavy atom. The number of rotatable bonds is 7. The number of esters is 1. The second-order valence-electron chi connectivity index (χ2n) is 5.70. The zero-order valence-electron chi connectivity index (χ0n) is 13.4. The Kier molecular flexibility index (Phi) is 6.84. The Morgan fingerprint density at radius 2 is 2.09 bits per heavy atom. The van der Waals surface area contributed by atoms with Crippen LogP contribution in [0.4, 0.5) is 4.79 Å². The van der Waals surface area contributed by atoms with Gasteiger partial charge < -0.3 is 25.1 Å². The lowest BCUT2D eigenvalue weighted by atomic mass is 10.2. The van der Waals surface area contributed by atoms with Gasteiger partial charge in [0.05, 0.1) is 7.11 Å². The first-order valence-electron chi connectivity index (χ1n) is 7.08. The lowest BCUT2D eigenvalue weighted by Crippen LogP contribution is -2.44. The van der Waals surface area contributed by atoms with Crippen molar-refractivity contribution >= 4 is 12.1 Å². The second-order valence-corrected chi connectivity index (χ2v) is 5.70. The van der Waals surface area contributed by atoms with Gasteiger partial charge >= 0.3 is 12.1 Å². The van der Waals surface area contributed by atoms with Crippen molar-refractivity contribution in [3.05, 3.63) is 18.2 Å². The van der Waals surface area contributed by atoms with Crippen LogP contribution in [0.25, 0.3) is 0 Å². The molecule has 1 amide bonds. The number of H-pyrrole nitrogens is 1. The van der Waals surface area contributed by atoms with Crippen LogP contribution in [0.15, 0.2) is 12.4 Å². The third-order valence-electron chi connectivity index (χ3n) is 2.62. The molecule has 1 unspecified atom stereocenters. The van der Waals surface area contributed by atoms with E-state index in [1.165, 1.54) is 7.11 Å². The summed E-state index contributed by atoms with van der Waals surface area (Å²) in [7, 11) is 1.33. The van der Waals surface area contributed by atoms with Crippen molar-refractivity contribution in [2.45, 2.75) is 38.8 Å². The third-order valence-corrected chi connectivity index (χ3v) is 2.62. The third kappa shape index (κ3) is 7.07. The number of hydrogen-bond acceptors (Lipinski definition) is 6. The minimum absolute atomic E-state index is 0.334. The number of nitrogens with zero attached hydrogens (tertiary/aromatic N) is 1. The van der Waals surface area contributed by atoms with E-state index in [0.717, 1.165) is 0 Å². The molecule has 0 saturated heterocycles. The maximum Gasteiger partial charge on any atom is 0.407 e. The summed E-state index contributed by atoms with van der Waals surface area (Å²) in [4.78, 5) is 30.2. The number of aromatic amines is 1. The van der Waals surface area contributed by atoms with Gasteiger partial charge in [0.1, 0.15) is 17.5 Å². The largest absolute Gasteiger partial charge is 0.468 e. The van der Waals surface area contributed by atoms with Crippen LogP contribution in [0.3, 0.4) is 0 Å². The molecule has 0 bridgehead atoms. The summed E-state index contributed by atoms with van der Waals surface area (Å²) in [5.74, 6) is 0.302. The van der Waals surface area contributed by atoms with Crippen molar-refractivity contribution in [2.75, 3.05) is 20.2 Å². The molecule has 8 nitrogen and oxygen atoms in total. The molecule has 0 aliphatic heterocycles. The number of carbonyl (C=O) groups excluding carboxylic acids is 2. The van der Waals surface area contributed by atoms with Crippen LogP contribution in [0, 0.1) is 0 Å². The zero-order valence-corrected chi connectivity index (χ0v) is 13.4. The monoisotopic (exact) mass is 312 g/mol. The van der Waals surface area contributed by atoms with Crippen LogP contribution in [0.2, 0.25) is 0 Å². The maximum atomic E-state index is 11.7. The number of aromatic nitrogens is 2. The number of hydrogen-bond donors (Lipinski definition) is 3. The average Bonchev–Trinajstić information content (AvgIpc) is 2.92. The minimum Gasteiger partial charge on any atom is -0.468 e. The Bertz CT molecular complexity index is 468. The number of ether oxygens (including phenoxy) is 2. The first-order valence-corrected chi connectivity index (χ1v) is 7.08. The van der Waals surface area contributed by atoms with E-state index in [-0.39, 0.29) is 5.97 Å². The second kappa shape index (κ2) is 8.38. The molecule has 0 aromatic carbocycles. The van der Waals surface area contributed by atoms with Gasteiger partial charge in [0.25, 0.3) is 0 Å². The first-order chi connectivity index (χ1) is 10.3. The molecule has 1 rings (SSSR count). The summed E-state index contributed by atoms with van der Waals surface area (Å²) < 4.78 is 9.86. The van der Waals surface area contributed by atoms with Crippen molar-refractivity contribution in [1.29, 1.82) is 0 Å². The van der Waals surface area contributed by atoms with Gasteiger partial charge in [-0.3, -0.25) is 4.79 Å². The number of carbonyl (C=O) groups is 2. The summed E-state index contributed by atoms with van der Waals surface area (Å²) in [5, 5.41) is 5.63. The standard InChI is InChI=1S/C14H24N4O4/c1-14(2,3)22-13(20)18-8-5-15-10(12(19)21-4)9-11-16-6-7-17-11/h6-7,10,15H,5,8-9H2,1-4H3,(H,16,17)(H,18,20). The van der Waals surface area contributed by atoms with E-state index < -0.39 is 17.7 Å². The highest BCUT2D eigenvalue weighted by Gasteiger charge is 2.20. The first kappa shape index (κ1) is 18.0. The molecule has 22 heavy (non-hydrogen) atoms. The molecule has 0 aliphatic rings. The van der Waals surface area contributed by atoms with Crippen LogP contribution in [-0.2, 0) is 20.7 Å². The lowest BCUT2D eigenvalue weighted by molar-refractivity contribution is -0.143. The van der Waals surface area contributed by atoms with Gasteiger partial charge in [-0.25, -0.2) is 9.78 Å². The lowest BCUT2D eigenvalue weighted by Gasteiger charge is -2.20. The van der Waals surface area contributed by atoms with Crippen LogP contribution in [0.5, 0.6) is 0 Å². The summed E-state index contributed by atoms with van der Waals surface area (Å²) in [6.07, 6.45) is 3.20. The van der Waals surface area contributed by atoms with E-state index in [4.69, 9.17) is 9.47 Å². The molecule has 0 fully saturated rings. The predicted octanol–water partition coefficient (Wildman–Crippen LogP) is 0.608. The van der Waals surface area contributed by atoms with E-state index in [9.17, 15) is 9.59 Å². The number of imidazole rings is 1. The van der Waals surface area contributed by atoms with Crippen molar-refractivity contribution in [3.63, 3.8) is 0 Å². The smallest absolute Gasteiger partial charge is 0.407 e. The SMILES string of the molecule is COC(=O)C(Cc1ncc[nH]1)NCCNC(=O)OC(C)(C)C. The highest BCUT2D eigenvalue weighted by atomic mass is 16.6. The van der Waals surface area contributed by atoms with Crippen LogP contribution >= 0.6 is 0 Å². The molecule has 0 saturated carbocycles. The normalized spacial score (nSPS) is 12.5. The molecule has 1 aromatic rings. The molecule has 0 aliphatic carbocycles. The van der Waals surface area contributed by atoms with Gasteiger partial charge in [0.15, 0.2) is 0 Å². The highest BCUT2D eigenvalue weighted by Crippen LogP contribution is 2.06. The molecular weight excluding hydrogens is 288 g/mol. The van der Waals surface area contributed by atoms with Crippen molar-refractivity contribution < 1.29 is 19.1 Å². The summed E-state index contributed by atoms with van der Waals surface area (Å²) in [6, 6.07) is -0.531. The number of methoxy groups -OCH3 is 1. The minimum atomic E-state index is -0.536. The Labute approximate surface area is 130 Å². The van der Waals surface area contributed by atoms with Crippen molar-refractivity contribution in [2.24, 2.45) is 0 Å². The maximum absolute atomic E-state index is 11.7. The van der Waals surface area contributed by atoms with E-state index >= 15 is 0 Å². The topological polar surface area (TPSA) is 105 Å². The van der Waals surface area contributed by atoms with Crippen molar-refractivity contribution in [1.82, 2.24) is 20.6 Å². The quantitative estimate of drug-likeness (QED) is 0.503. The molecular formula is C14H24N4O4. The fraction of sp³-hybridized carbons (Fsp3) is 0.643. The van der Waals surface area contributed by atoms with Crippen LogP contribution in [-0.4, -0.2) is 53.9 Å². The van der Waals surface area contributed by atoms with Gasteiger partial charge in [0.2, 0.25) is 0 Å². The van der Waals surface area contributed by atoms with Gasteiger partial charge in [-0.2, -0.15) is 0 Å². The summed E-state index contributed by atoms with van der Waals surface area (Å²) in [6.45, 7) is 6.12. The molecule has 3 N–H and O–H groups in total. The Balaban J connectivity index is 2.35. The van der Waals surface area contributed by atoms with Crippen LogP contribution in [0.1, 0.15) is 26.6 Å². The van der Waals surface area contributed by atoms with Gasteiger partial charge in [-0.05, 0) is 20.8 Å². The van der Waals surface area contributed by atoms with E-state index in [0.29, 0.717) is 25.3 Å². The van der Waals surface area contributed by atoms with E-state index in [1.54, 1.807) is 33.2 Å². The summed E-state index contributed by atoms with van der Waals surface area (Å²) in [5.41, 5.74) is -0.536. The Hall–Kier alpha value is -2.09. The molecule has 1 aromatic heterocycles. The molecule has 1 atom stereocenters. The molecule has 0 spiro atoms. The fourth-order valence-electron chi connectivity index (χ4n) is 1.71. The highest BCUT2D eigenvalue weighted by molar-refractivity contribution is 5.75. The number of amides is 1. The van der Waals surface area contributed by atoms with Gasteiger partial charge in [-0.15, -0.1) is 0 Å². The van der Waals surface area contributed by atoms with E-state index in [2.05, 4.69) is 20.6 Å². The molecule has 124 valence electrons. The van der Waals surface area contributed by atoms with Crippen molar-refractivity contribution in [3.8, 4) is 0 Å². The number of alkyl carbamates (subject to hydrolysis) is 1. The predicted molar refractivity (Wildman–Crippen MR) is 80.3 cm³/mol. The van der Waals surface area contributed by atoms with Crippen LogP contribution < -0.4 is 10.6 Å². The summed E-state index contributed by atoms with van der Waals surface area (Å²) >= 11 is 0. The fourth-order valence-corrected chi connectivity index (χ4v) is 1.71. The van der Waals surface area contributed by atoms with Gasteiger partial charge in [0, 0.05) is 31.9 Å². The average molecular weight is 312 g/mol. The van der Waals surface area contributed by atoms with E-state index in [1.807, 2.05) is 0 Å². The molecule has 0 radical (unpaired) electrons. The number of nitrogens with one attached hydrogen (secondary N) is 3. The Morgan fingerprint density at radius 1 is 1.36 bits per heavy atom.